The number of nitrogens with zero attached hydrogens (tertiary/aromatic N) is 1. The number of fused-ring (bicyclic) bond motifs is 1. The van der Waals surface area contributed by atoms with Crippen molar-refractivity contribution in [3.05, 3.63) is 59.2 Å². The molecular weight excluding hydrogens is 568 g/mol. The molecule has 2 aliphatic heterocycles. The fourth-order valence-electron chi connectivity index (χ4n) is 5.01. The third-order valence-corrected chi connectivity index (χ3v) is 7.38. The van der Waals surface area contributed by atoms with E-state index in [0.717, 1.165) is 36.4 Å². The van der Waals surface area contributed by atoms with Crippen molar-refractivity contribution in [3.63, 3.8) is 0 Å². The van der Waals surface area contributed by atoms with Crippen LogP contribution in [-0.4, -0.2) is 72.8 Å². The smallest absolute Gasteiger partial charge is 0.338 e. The van der Waals surface area contributed by atoms with Crippen molar-refractivity contribution in [1.29, 1.82) is 0 Å². The maximum absolute atomic E-state index is 13.2. The largest absolute Gasteiger partial charge is 0.460 e. The predicted molar refractivity (Wildman–Crippen MR) is 161 cm³/mol. The lowest BCUT2D eigenvalue weighted by atomic mass is 10.0. The monoisotopic (exact) mass is 606 g/mol. The van der Waals surface area contributed by atoms with Gasteiger partial charge in [0.25, 0.3) is 11.8 Å². The summed E-state index contributed by atoms with van der Waals surface area (Å²) < 4.78 is 10.8. The summed E-state index contributed by atoms with van der Waals surface area (Å²) in [5.41, 5.74) is 1.80. The van der Waals surface area contributed by atoms with Gasteiger partial charge in [-0.1, -0.05) is 25.8 Å². The van der Waals surface area contributed by atoms with Crippen LogP contribution in [0.4, 0.5) is 11.4 Å². The summed E-state index contributed by atoms with van der Waals surface area (Å²) in [5, 5.41) is 8.18. The molecule has 0 spiro atoms. The van der Waals surface area contributed by atoms with E-state index in [0.29, 0.717) is 25.0 Å². The Morgan fingerprint density at radius 3 is 2.48 bits per heavy atom. The summed E-state index contributed by atoms with van der Waals surface area (Å²) in [7, 11) is 0. The first kappa shape index (κ1) is 32.3. The number of benzene rings is 2. The molecule has 2 aromatic rings. The molecule has 0 aliphatic carbocycles. The van der Waals surface area contributed by atoms with Gasteiger partial charge in [-0.25, -0.2) is 4.79 Å². The molecule has 0 saturated carbocycles. The second kappa shape index (κ2) is 15.8. The Kier molecular flexibility index (Phi) is 11.6. The SMILES string of the molecule is CCCCNc1ccc(C(=O)OCCOCCCCCC(=O)Nc2cccc3c2C(=O)N(C2CCC(=O)NC2=O)C3=O)cc1. The lowest BCUT2D eigenvalue weighted by Gasteiger charge is -2.27. The molecule has 1 unspecified atom stereocenters. The first-order valence-corrected chi connectivity index (χ1v) is 15.0. The summed E-state index contributed by atoms with van der Waals surface area (Å²) in [5.74, 6) is -3.16. The van der Waals surface area contributed by atoms with Gasteiger partial charge in [0.1, 0.15) is 12.6 Å². The van der Waals surface area contributed by atoms with Gasteiger partial charge < -0.3 is 20.1 Å². The van der Waals surface area contributed by atoms with Crippen LogP contribution >= 0.6 is 0 Å². The Morgan fingerprint density at radius 2 is 1.73 bits per heavy atom. The fourth-order valence-corrected chi connectivity index (χ4v) is 5.01. The molecule has 5 amide bonds. The van der Waals surface area contributed by atoms with Gasteiger partial charge in [-0.15, -0.1) is 0 Å². The van der Waals surface area contributed by atoms with E-state index in [2.05, 4.69) is 22.9 Å². The first-order valence-electron chi connectivity index (χ1n) is 15.0. The number of rotatable bonds is 16. The number of unbranched alkanes of at least 4 members (excludes halogenated alkanes) is 3. The highest BCUT2D eigenvalue weighted by Gasteiger charge is 2.45. The van der Waals surface area contributed by atoms with E-state index in [9.17, 15) is 28.8 Å². The van der Waals surface area contributed by atoms with E-state index in [4.69, 9.17) is 9.47 Å². The van der Waals surface area contributed by atoms with Crippen LogP contribution in [0.15, 0.2) is 42.5 Å². The van der Waals surface area contributed by atoms with E-state index >= 15 is 0 Å². The van der Waals surface area contributed by atoms with Crippen molar-refractivity contribution in [1.82, 2.24) is 10.2 Å². The Labute approximate surface area is 255 Å². The maximum atomic E-state index is 13.2. The van der Waals surface area contributed by atoms with E-state index in [-0.39, 0.29) is 55.2 Å². The van der Waals surface area contributed by atoms with Crippen LogP contribution in [0.2, 0.25) is 0 Å². The second-order valence-corrected chi connectivity index (χ2v) is 10.6. The Hall–Kier alpha value is -4.58. The van der Waals surface area contributed by atoms with Gasteiger partial charge in [0.05, 0.1) is 29.0 Å². The van der Waals surface area contributed by atoms with E-state index in [1.54, 1.807) is 18.2 Å². The van der Waals surface area contributed by atoms with Crippen molar-refractivity contribution in [2.24, 2.45) is 0 Å². The second-order valence-electron chi connectivity index (χ2n) is 10.6. The molecule has 1 fully saturated rings. The van der Waals surface area contributed by atoms with Crippen LogP contribution in [0.3, 0.4) is 0 Å². The molecule has 44 heavy (non-hydrogen) atoms. The van der Waals surface area contributed by atoms with Crippen LogP contribution in [0, 0.1) is 0 Å². The number of piperidine rings is 1. The normalized spacial score (nSPS) is 16.0. The zero-order valence-electron chi connectivity index (χ0n) is 24.8. The van der Waals surface area contributed by atoms with E-state index < -0.39 is 35.6 Å². The lowest BCUT2D eigenvalue weighted by molar-refractivity contribution is -0.136. The number of carbonyl (C=O) groups excluding carboxylic acids is 6. The number of hydrogen-bond donors (Lipinski definition) is 3. The number of esters is 1. The Bertz CT molecular complexity index is 1390. The number of anilines is 2. The van der Waals surface area contributed by atoms with Gasteiger partial charge in [0.15, 0.2) is 0 Å². The molecule has 12 heteroatoms. The van der Waals surface area contributed by atoms with Crippen molar-refractivity contribution in [3.8, 4) is 0 Å². The molecule has 12 nitrogen and oxygen atoms in total. The molecule has 4 rings (SSSR count). The minimum absolute atomic E-state index is 0.0262. The van der Waals surface area contributed by atoms with Crippen LogP contribution < -0.4 is 16.0 Å². The van der Waals surface area contributed by atoms with Gasteiger partial charge in [0, 0.05) is 31.7 Å². The predicted octanol–water partition coefficient (Wildman–Crippen LogP) is 3.67. The quantitative estimate of drug-likeness (QED) is 0.147. The molecule has 1 atom stereocenters. The molecule has 2 aromatic carbocycles. The zero-order chi connectivity index (χ0) is 31.5. The molecule has 1 saturated heterocycles. The van der Waals surface area contributed by atoms with Crippen LogP contribution in [-0.2, 0) is 23.9 Å². The van der Waals surface area contributed by atoms with Crippen molar-refractivity contribution >= 4 is 46.9 Å². The molecule has 234 valence electrons. The highest BCUT2D eigenvalue weighted by atomic mass is 16.6. The van der Waals surface area contributed by atoms with E-state index in [1.807, 2.05) is 12.1 Å². The highest BCUT2D eigenvalue weighted by Crippen LogP contribution is 2.32. The van der Waals surface area contributed by atoms with E-state index in [1.165, 1.54) is 12.1 Å². The molecule has 0 aromatic heterocycles. The zero-order valence-corrected chi connectivity index (χ0v) is 24.8. The van der Waals surface area contributed by atoms with Crippen molar-refractivity contribution < 1.29 is 38.2 Å². The summed E-state index contributed by atoms with van der Waals surface area (Å²) >= 11 is 0. The standard InChI is InChI=1S/C32H38N4O8/c1-2-3-17-33-22-13-11-21(12-14-22)32(42)44-20-19-43-18-6-4-5-10-26(37)34-24-9-7-8-23-28(24)31(41)36(30(23)40)25-15-16-27(38)35-29(25)39/h7-9,11-14,25,33H,2-6,10,15-20H2,1H3,(H,34,37)(H,35,38,39). The lowest BCUT2D eigenvalue weighted by Crippen LogP contribution is -2.54. The number of ether oxygens (including phenoxy) is 2. The molecule has 2 aliphatic rings. The van der Waals surface area contributed by atoms with Crippen molar-refractivity contribution in [2.75, 3.05) is 37.0 Å². The number of carbonyl (C=O) groups is 6. The molecular formula is C32H38N4O8. The van der Waals surface area contributed by atoms with Gasteiger partial charge in [0.2, 0.25) is 17.7 Å². The number of nitrogens with one attached hydrogen (secondary N) is 3. The van der Waals surface area contributed by atoms with Crippen LogP contribution in [0.5, 0.6) is 0 Å². The van der Waals surface area contributed by atoms with Gasteiger partial charge in [-0.05, 0) is 62.1 Å². The minimum atomic E-state index is -1.08. The Balaban J connectivity index is 1.11. The number of imide groups is 2. The number of amides is 5. The highest BCUT2D eigenvalue weighted by molar-refractivity contribution is 6.26. The minimum Gasteiger partial charge on any atom is -0.460 e. The average molecular weight is 607 g/mol. The molecule has 0 bridgehead atoms. The maximum Gasteiger partial charge on any atom is 0.338 e. The summed E-state index contributed by atoms with van der Waals surface area (Å²) in [6.45, 7) is 3.88. The van der Waals surface area contributed by atoms with Gasteiger partial charge >= 0.3 is 5.97 Å². The Morgan fingerprint density at radius 1 is 0.932 bits per heavy atom. The molecule has 3 N–H and O–H groups in total. The number of hydrogen-bond acceptors (Lipinski definition) is 9. The fraction of sp³-hybridized carbons (Fsp3) is 0.438. The summed E-state index contributed by atoms with van der Waals surface area (Å²) in [6.07, 6.45) is 4.49. The van der Waals surface area contributed by atoms with Crippen molar-refractivity contribution in [2.45, 2.75) is 64.3 Å². The third kappa shape index (κ3) is 8.28. The van der Waals surface area contributed by atoms with Gasteiger partial charge in [-0.3, -0.25) is 34.2 Å². The first-order chi connectivity index (χ1) is 21.3. The molecule has 0 radical (unpaired) electrons. The van der Waals surface area contributed by atoms with Crippen LogP contribution in [0.1, 0.15) is 89.4 Å². The topological polar surface area (TPSA) is 160 Å². The molecule has 2 heterocycles. The summed E-state index contributed by atoms with van der Waals surface area (Å²) in [6, 6.07) is 10.7. The third-order valence-electron chi connectivity index (χ3n) is 7.38. The summed E-state index contributed by atoms with van der Waals surface area (Å²) in [4.78, 5) is 75.5. The van der Waals surface area contributed by atoms with Gasteiger partial charge in [-0.2, -0.15) is 0 Å². The van der Waals surface area contributed by atoms with Crippen LogP contribution in [0.25, 0.3) is 0 Å². The average Bonchev–Trinajstić information content (AvgIpc) is 3.26.